The van der Waals surface area contributed by atoms with Crippen LogP contribution in [-0.4, -0.2) is 274 Å². The van der Waals surface area contributed by atoms with E-state index in [2.05, 4.69) is 37.2 Å². The molecule has 0 bridgehead atoms. The van der Waals surface area contributed by atoms with Crippen molar-refractivity contribution >= 4 is 82.5 Å². The van der Waals surface area contributed by atoms with Crippen molar-refractivity contribution in [2.45, 2.75) is 237 Å². The van der Waals surface area contributed by atoms with E-state index in [0.29, 0.717) is 142 Å². The third-order valence-corrected chi connectivity index (χ3v) is 18.9. The molecule has 696 valence electrons. The van der Waals surface area contributed by atoms with Gasteiger partial charge < -0.3 is 105 Å². The number of carbonyl (C=O) groups is 14. The molecule has 0 aromatic heterocycles. The number of hydrogen-bond donors (Lipinski definition) is 11. The van der Waals surface area contributed by atoms with Gasteiger partial charge in [0.05, 0.1) is 89.8 Å². The predicted octanol–water partition coefficient (Wildman–Crippen LogP) is 8.39. The lowest BCUT2D eigenvalue weighted by molar-refractivity contribution is -0.142. The summed E-state index contributed by atoms with van der Waals surface area (Å²) >= 11 is 0. The smallest absolute Gasteiger partial charge is 0.335 e. The number of Topliss-reactive ketones (excluding diaryl/α,β-unsaturated/α-hetero) is 4. The number of aromatic carboxylic acids is 2. The van der Waals surface area contributed by atoms with Gasteiger partial charge in [-0.2, -0.15) is 0 Å². The molecule has 0 fully saturated rings. The third-order valence-electron chi connectivity index (χ3n) is 18.9. The molecule has 6 amide bonds. The highest BCUT2D eigenvalue weighted by molar-refractivity contribution is 5.90. The molecule has 0 heterocycles. The summed E-state index contributed by atoms with van der Waals surface area (Å²) in [5.74, 6) is -5.41. The Balaban J connectivity index is 0. The first-order chi connectivity index (χ1) is 58.9. The van der Waals surface area contributed by atoms with E-state index in [0.717, 1.165) is 83.5 Å². The zero-order valence-corrected chi connectivity index (χ0v) is 72.5. The van der Waals surface area contributed by atoms with Crippen molar-refractivity contribution in [2.24, 2.45) is 5.92 Å². The molecule has 0 aliphatic rings. The highest BCUT2D eigenvalue weighted by Gasteiger charge is 2.26. The number of amides is 6. The molecule has 11 N–H and O–H groups in total. The van der Waals surface area contributed by atoms with E-state index in [-0.39, 0.29) is 209 Å². The van der Waals surface area contributed by atoms with Crippen molar-refractivity contribution in [1.29, 1.82) is 0 Å². The minimum Gasteiger partial charge on any atom is -0.494 e. The van der Waals surface area contributed by atoms with Gasteiger partial charge in [-0.1, -0.05) is 77.6 Å². The summed E-state index contributed by atoms with van der Waals surface area (Å²) in [4.78, 5) is 167. The Hall–Kier alpha value is -8.94. The van der Waals surface area contributed by atoms with Crippen molar-refractivity contribution in [3.8, 4) is 11.5 Å². The number of carbonyl (C=O) groups excluding carboxylic acids is 10. The van der Waals surface area contributed by atoms with Gasteiger partial charge in [0.2, 0.25) is 35.4 Å². The summed E-state index contributed by atoms with van der Waals surface area (Å²) in [5, 5.41) is 55.6. The van der Waals surface area contributed by atoms with Crippen LogP contribution in [0.1, 0.15) is 243 Å². The number of carboxylic acids is 4. The Kier molecular flexibility index (Phi) is 69.0. The summed E-state index contributed by atoms with van der Waals surface area (Å²) in [5.41, 5.74) is 0.436. The van der Waals surface area contributed by atoms with Crippen LogP contribution in [0.15, 0.2) is 48.5 Å². The molecule has 35 nitrogen and oxygen atoms in total. The van der Waals surface area contributed by atoms with E-state index in [1.54, 1.807) is 31.3 Å². The summed E-state index contributed by atoms with van der Waals surface area (Å²) < 4.78 is 54.0. The topological polar surface area (TPSA) is 496 Å². The number of rotatable bonds is 82. The van der Waals surface area contributed by atoms with Crippen LogP contribution in [0.5, 0.6) is 11.5 Å². The molecule has 0 radical (unpaired) electrons. The molecule has 0 aliphatic heterocycles. The van der Waals surface area contributed by atoms with Crippen LogP contribution in [0, 0.1) is 5.92 Å². The number of aliphatic carboxylic acids is 2. The van der Waals surface area contributed by atoms with Crippen LogP contribution >= 0.6 is 0 Å². The van der Waals surface area contributed by atoms with Gasteiger partial charge in [-0.15, -0.1) is 0 Å². The van der Waals surface area contributed by atoms with E-state index >= 15 is 0 Å². The Morgan fingerprint density at radius 2 is 0.730 bits per heavy atom. The highest BCUT2D eigenvalue weighted by atomic mass is 16.5. The molecular weight excluding hydrogens is 1590 g/mol. The molecule has 4 atom stereocenters. The van der Waals surface area contributed by atoms with Gasteiger partial charge in [0.25, 0.3) is 0 Å². The van der Waals surface area contributed by atoms with Gasteiger partial charge in [-0.05, 0) is 152 Å². The van der Waals surface area contributed by atoms with Gasteiger partial charge >= 0.3 is 23.9 Å². The van der Waals surface area contributed by atoms with Gasteiger partial charge in [-0.25, -0.2) is 19.2 Å². The monoisotopic (exact) mass is 1740 g/mol. The van der Waals surface area contributed by atoms with Crippen LogP contribution in [0.25, 0.3) is 0 Å². The first kappa shape index (κ1) is 111. The molecule has 2 aromatic rings. The number of hydrogen-bond acceptors (Lipinski definition) is 25. The van der Waals surface area contributed by atoms with E-state index in [1.807, 2.05) is 6.92 Å². The van der Waals surface area contributed by atoms with Crippen molar-refractivity contribution in [1.82, 2.24) is 37.2 Å². The lowest BCUT2D eigenvalue weighted by Gasteiger charge is -2.19. The van der Waals surface area contributed by atoms with E-state index < -0.39 is 42.0 Å². The molecule has 2 rings (SSSR count). The summed E-state index contributed by atoms with van der Waals surface area (Å²) in [6.07, 6.45) is 19.6. The number of benzene rings is 2. The SMILES string of the molecule is CCCOCCOCC(=O)NCCCC[C@H](CC(=O)[C@H](CCCCNC(=O)COCCOCCCC(=O)COCCOCCNC(=O)CC[C@H](NC(=O)CCCCCCCCCOc1ccc(C(=O)O)cc1)C(=O)O)NC)C(C)=O.CNC(=O)COCCOCCCC(=O)CC[C@H](NC(=O)CCCCCCCCCOc1ccc(C(=O)O)cc1)C(=O)O.[HH].[HH]. The fraction of sp³-hybridized carbons (Fsp3) is 0.701. The van der Waals surface area contributed by atoms with Crippen molar-refractivity contribution in [3.63, 3.8) is 0 Å². The molecule has 0 unspecified atom stereocenters. The average molecular weight is 1740 g/mol. The Labute approximate surface area is 721 Å². The molecular formula is C87H145N7O28. The molecule has 0 aliphatic carbocycles. The van der Waals surface area contributed by atoms with Crippen molar-refractivity contribution in [3.05, 3.63) is 59.7 Å². The summed E-state index contributed by atoms with van der Waals surface area (Å²) in [6, 6.07) is 9.95. The Morgan fingerprint density at radius 3 is 1.16 bits per heavy atom. The largest absolute Gasteiger partial charge is 0.494 e. The van der Waals surface area contributed by atoms with Crippen LogP contribution in [-0.2, 0) is 95.4 Å². The fourth-order valence-electron chi connectivity index (χ4n) is 11.9. The highest BCUT2D eigenvalue weighted by Crippen LogP contribution is 2.20. The van der Waals surface area contributed by atoms with Crippen LogP contribution in [0.2, 0.25) is 0 Å². The first-order valence-corrected chi connectivity index (χ1v) is 43.2. The standard InChI is InChI=1S/C57H95N5O18.C30H46N2O10.2H2/c1-4-30-74-34-38-78-42-54(68)59-27-13-11-17-46(44(2)63)40-51(65)49(58-3)19-12-14-28-60-55(69)43-79-39-35-75-31-16-18-47(64)41-77-37-36-76-33-29-61-52(66)26-25-50(57(72)73)62-53(67)20-10-8-6-5-7-9-15-32-80-48-23-21-45(22-24-48)56(70)71;1-31-28(35)22-41-21-20-40-18-9-10-24(33)14-17-26(30(38)39)32-27(34)11-7-5-3-2-4-6-8-19-42-25-15-12-23(13-16-25)29(36)37;;/h21-24,46,49-50,58H,4-20,25-43H2,1-3H3,(H,59,68)(H,60,69)(H,61,66)(H,62,67)(H,70,71)(H,72,73);12-13,15-16,26H,2-11,14,17-22H2,1H3,(H,31,35)(H,32,34)(H,36,37)(H,38,39);2*1H/t46-,49+,50+;26-;;/m10../s1. The minimum absolute atomic E-state index is 0. The number of nitrogens with one attached hydrogen (secondary N) is 7. The molecule has 122 heavy (non-hydrogen) atoms. The molecule has 0 spiro atoms. The van der Waals surface area contributed by atoms with Gasteiger partial charge in [0.1, 0.15) is 67.4 Å². The van der Waals surface area contributed by atoms with Crippen molar-refractivity contribution < 1.29 is 138 Å². The summed E-state index contributed by atoms with van der Waals surface area (Å²) in [6.45, 7) is 9.21. The maximum absolute atomic E-state index is 13.0. The molecule has 0 saturated heterocycles. The van der Waals surface area contributed by atoms with Crippen molar-refractivity contribution in [2.75, 3.05) is 153 Å². The van der Waals surface area contributed by atoms with Gasteiger partial charge in [-0.3, -0.25) is 47.9 Å². The number of carboxylic acid groups (broad SMARTS) is 4. The Bertz CT molecular complexity index is 3250. The molecule has 35 heteroatoms. The quantitative estimate of drug-likeness (QED) is 0.0277. The minimum atomic E-state index is -1.21. The number of ketones is 4. The number of ether oxygens (including phenoxy) is 10. The zero-order valence-electron chi connectivity index (χ0n) is 72.5. The van der Waals surface area contributed by atoms with Gasteiger partial charge in [0.15, 0.2) is 5.78 Å². The lowest BCUT2D eigenvalue weighted by atomic mass is 9.89. The van der Waals surface area contributed by atoms with Crippen LogP contribution < -0.4 is 46.7 Å². The maximum atomic E-state index is 13.0. The summed E-state index contributed by atoms with van der Waals surface area (Å²) in [7, 11) is 3.24. The average Bonchev–Trinajstić information content (AvgIpc) is 0.900. The first-order valence-electron chi connectivity index (χ1n) is 43.2. The normalized spacial score (nSPS) is 12.0. The number of likely N-dealkylation sites (N-methyl/N-ethyl adjacent to an activating group) is 2. The maximum Gasteiger partial charge on any atom is 0.335 e. The lowest BCUT2D eigenvalue weighted by Crippen LogP contribution is -2.41. The second-order valence-electron chi connectivity index (χ2n) is 29.3. The zero-order chi connectivity index (χ0) is 89.9. The third kappa shape index (κ3) is 64.8. The fourth-order valence-corrected chi connectivity index (χ4v) is 11.9. The predicted molar refractivity (Wildman–Crippen MR) is 456 cm³/mol. The van der Waals surface area contributed by atoms with E-state index in [9.17, 15) is 77.3 Å². The number of unbranched alkanes of at least 4 members (excludes halogenated alkanes) is 14. The van der Waals surface area contributed by atoms with Crippen LogP contribution in [0.3, 0.4) is 0 Å². The van der Waals surface area contributed by atoms with Crippen LogP contribution in [0.4, 0.5) is 0 Å². The van der Waals surface area contributed by atoms with Gasteiger partial charge in [0, 0.05) is 100 Å². The second-order valence-corrected chi connectivity index (χ2v) is 29.3. The molecule has 2 aromatic carbocycles. The molecule has 0 saturated carbocycles. The second kappa shape index (κ2) is 75.8. The van der Waals surface area contributed by atoms with E-state index in [4.69, 9.17) is 57.6 Å². The Morgan fingerprint density at radius 1 is 0.336 bits per heavy atom. The van der Waals surface area contributed by atoms with E-state index in [1.165, 1.54) is 38.2 Å².